The second-order valence-corrected chi connectivity index (χ2v) is 6.36. The number of aryl methyl sites for hydroxylation is 1. The normalized spacial score (nSPS) is 17.7. The molecule has 0 amide bonds. The highest BCUT2D eigenvalue weighted by atomic mass is 16.5. The molecule has 136 valence electrons. The third kappa shape index (κ3) is 2.51. The van der Waals surface area contributed by atoms with Crippen molar-refractivity contribution in [2.75, 3.05) is 19.5 Å². The largest absolute Gasteiger partial charge is 0.497 e. The van der Waals surface area contributed by atoms with E-state index in [0.29, 0.717) is 23.5 Å². The highest BCUT2D eigenvalue weighted by Gasteiger charge is 2.40. The molecule has 0 saturated carbocycles. The van der Waals surface area contributed by atoms with Crippen molar-refractivity contribution in [3.05, 3.63) is 46.8 Å². The Kier molecular flexibility index (Phi) is 4.06. The number of ether oxygens (including phenoxy) is 2. The summed E-state index contributed by atoms with van der Waals surface area (Å²) in [5.41, 5.74) is 9.74. The van der Waals surface area contributed by atoms with Gasteiger partial charge < -0.3 is 24.9 Å². The first kappa shape index (κ1) is 16.5. The van der Waals surface area contributed by atoms with E-state index >= 15 is 0 Å². The summed E-state index contributed by atoms with van der Waals surface area (Å²) >= 11 is 0. The van der Waals surface area contributed by atoms with Gasteiger partial charge in [0.25, 0.3) is 0 Å². The molecular formula is C19H22N4O3. The fraction of sp³-hybridized carbons (Fsp3) is 0.368. The van der Waals surface area contributed by atoms with Crippen LogP contribution in [0.2, 0.25) is 0 Å². The summed E-state index contributed by atoms with van der Waals surface area (Å²) in [6.07, 6.45) is 2.87. The van der Waals surface area contributed by atoms with Crippen LogP contribution in [-0.2, 0) is 11.2 Å². The maximum absolute atomic E-state index is 6.26. The monoisotopic (exact) mass is 354 g/mol. The topological polar surface area (TPSA) is 94.9 Å². The van der Waals surface area contributed by atoms with Crippen LogP contribution in [0, 0.1) is 0 Å². The van der Waals surface area contributed by atoms with Gasteiger partial charge in [-0.05, 0) is 30.2 Å². The van der Waals surface area contributed by atoms with Crippen LogP contribution in [0.1, 0.15) is 42.8 Å². The van der Waals surface area contributed by atoms with E-state index in [2.05, 4.69) is 17.2 Å². The number of amidine groups is 1. The van der Waals surface area contributed by atoms with Gasteiger partial charge >= 0.3 is 0 Å². The Morgan fingerprint density at radius 1 is 1.27 bits per heavy atom. The Hall–Kier alpha value is -2.96. The lowest BCUT2D eigenvalue weighted by Crippen LogP contribution is -2.31. The lowest BCUT2D eigenvalue weighted by Gasteiger charge is -2.31. The molecular weight excluding hydrogens is 332 g/mol. The molecule has 0 bridgehead atoms. The SMILES string of the molecule is CCCCc1nc2c(o1)N=C(N)C1=C(OC)Nc3ccc(OC)cc3[C@H]12. The van der Waals surface area contributed by atoms with Gasteiger partial charge in [0.15, 0.2) is 11.8 Å². The summed E-state index contributed by atoms with van der Waals surface area (Å²) in [4.78, 5) is 9.17. The lowest BCUT2D eigenvalue weighted by atomic mass is 9.83. The molecule has 1 aromatic heterocycles. The number of unbranched alkanes of at least 4 members (excludes halogenated alkanes) is 1. The Labute approximate surface area is 151 Å². The molecule has 0 unspecified atom stereocenters. The van der Waals surface area contributed by atoms with Gasteiger partial charge in [0.05, 0.1) is 25.7 Å². The predicted octanol–water partition coefficient (Wildman–Crippen LogP) is 3.44. The standard InChI is InChI=1S/C19H22N4O3/c1-4-5-6-13-22-16-14-11-9-10(24-2)7-8-12(11)21-18(25-3)15(14)17(20)23-19(16)26-13/h7-9,14,21H,4-6H2,1-3H3,(H2,20,23)/t14-/m1/s1. The fourth-order valence-corrected chi connectivity index (χ4v) is 3.45. The lowest BCUT2D eigenvalue weighted by molar-refractivity contribution is 0.291. The quantitative estimate of drug-likeness (QED) is 0.854. The number of nitrogens with zero attached hydrogens (tertiary/aromatic N) is 2. The molecule has 3 heterocycles. The molecule has 7 heteroatoms. The van der Waals surface area contributed by atoms with Gasteiger partial charge in [-0.15, -0.1) is 0 Å². The van der Waals surface area contributed by atoms with Gasteiger partial charge in [0.1, 0.15) is 17.3 Å². The molecule has 7 nitrogen and oxygen atoms in total. The number of nitrogens with one attached hydrogen (secondary N) is 1. The smallest absolute Gasteiger partial charge is 0.245 e. The number of anilines is 1. The maximum atomic E-state index is 6.26. The molecule has 26 heavy (non-hydrogen) atoms. The summed E-state index contributed by atoms with van der Waals surface area (Å²) in [5, 5.41) is 3.28. The van der Waals surface area contributed by atoms with E-state index in [4.69, 9.17) is 24.6 Å². The van der Waals surface area contributed by atoms with Gasteiger partial charge in [-0.25, -0.2) is 4.98 Å². The summed E-state index contributed by atoms with van der Waals surface area (Å²) in [6, 6.07) is 5.85. The second-order valence-electron chi connectivity index (χ2n) is 6.36. The number of fused-ring (bicyclic) bond motifs is 5. The highest BCUT2D eigenvalue weighted by Crippen LogP contribution is 2.48. The van der Waals surface area contributed by atoms with Crippen molar-refractivity contribution in [2.45, 2.75) is 32.1 Å². The number of rotatable bonds is 5. The third-order valence-corrected chi connectivity index (χ3v) is 4.75. The first-order valence-electron chi connectivity index (χ1n) is 8.73. The Morgan fingerprint density at radius 2 is 2.12 bits per heavy atom. The van der Waals surface area contributed by atoms with Crippen LogP contribution in [0.25, 0.3) is 0 Å². The fourth-order valence-electron chi connectivity index (χ4n) is 3.45. The van der Waals surface area contributed by atoms with Crippen molar-refractivity contribution < 1.29 is 13.9 Å². The number of benzene rings is 1. The van der Waals surface area contributed by atoms with Crippen molar-refractivity contribution in [2.24, 2.45) is 10.7 Å². The zero-order chi connectivity index (χ0) is 18.3. The minimum Gasteiger partial charge on any atom is -0.497 e. The minimum atomic E-state index is -0.206. The zero-order valence-electron chi connectivity index (χ0n) is 15.1. The van der Waals surface area contributed by atoms with Crippen molar-refractivity contribution >= 4 is 17.4 Å². The van der Waals surface area contributed by atoms with Crippen LogP contribution < -0.4 is 15.8 Å². The van der Waals surface area contributed by atoms with Gasteiger partial charge in [0.2, 0.25) is 5.88 Å². The zero-order valence-corrected chi connectivity index (χ0v) is 15.1. The van der Waals surface area contributed by atoms with Crippen molar-refractivity contribution in [1.29, 1.82) is 0 Å². The molecule has 2 aromatic rings. The average molecular weight is 354 g/mol. The maximum Gasteiger partial charge on any atom is 0.245 e. The summed E-state index contributed by atoms with van der Waals surface area (Å²) in [6.45, 7) is 2.14. The van der Waals surface area contributed by atoms with Gasteiger partial charge in [-0.3, -0.25) is 0 Å². The molecule has 0 aliphatic carbocycles. The van der Waals surface area contributed by atoms with E-state index in [9.17, 15) is 0 Å². The number of aliphatic imine (C=N–C) groups is 1. The van der Waals surface area contributed by atoms with Crippen LogP contribution in [0.5, 0.6) is 5.75 Å². The van der Waals surface area contributed by atoms with E-state index < -0.39 is 0 Å². The molecule has 4 rings (SSSR count). The first-order chi connectivity index (χ1) is 12.7. The summed E-state index contributed by atoms with van der Waals surface area (Å²) < 4.78 is 16.8. The Morgan fingerprint density at radius 3 is 2.85 bits per heavy atom. The number of aromatic nitrogens is 1. The van der Waals surface area contributed by atoms with Gasteiger partial charge in [-0.1, -0.05) is 13.3 Å². The van der Waals surface area contributed by atoms with Crippen LogP contribution in [0.4, 0.5) is 11.6 Å². The summed E-state index contributed by atoms with van der Waals surface area (Å²) in [5.74, 6) is 2.69. The highest BCUT2D eigenvalue weighted by molar-refractivity contribution is 6.04. The molecule has 1 aromatic carbocycles. The molecule has 0 radical (unpaired) electrons. The molecule has 2 aliphatic heterocycles. The second kappa shape index (κ2) is 6.40. The van der Waals surface area contributed by atoms with Crippen molar-refractivity contribution in [3.63, 3.8) is 0 Å². The molecule has 3 N–H and O–H groups in total. The Bertz CT molecular complexity index is 914. The van der Waals surface area contributed by atoms with E-state index in [1.807, 2.05) is 18.2 Å². The molecule has 0 saturated heterocycles. The minimum absolute atomic E-state index is 0.206. The number of hydrogen-bond donors (Lipinski definition) is 2. The number of nitrogens with two attached hydrogens (primary N) is 1. The summed E-state index contributed by atoms with van der Waals surface area (Å²) in [7, 11) is 3.26. The molecule has 1 atom stereocenters. The molecule has 0 fully saturated rings. The van der Waals surface area contributed by atoms with Crippen molar-refractivity contribution in [3.8, 4) is 5.75 Å². The molecule has 0 spiro atoms. The van der Waals surface area contributed by atoms with Crippen LogP contribution in [-0.4, -0.2) is 25.0 Å². The van der Waals surface area contributed by atoms with Crippen LogP contribution >= 0.6 is 0 Å². The predicted molar refractivity (Wildman–Crippen MR) is 98.9 cm³/mol. The average Bonchev–Trinajstić information content (AvgIpc) is 3.07. The number of methoxy groups -OCH3 is 2. The van der Waals surface area contributed by atoms with E-state index in [1.165, 1.54) is 0 Å². The molecule has 2 aliphatic rings. The third-order valence-electron chi connectivity index (χ3n) is 4.75. The van der Waals surface area contributed by atoms with E-state index in [1.54, 1.807) is 14.2 Å². The number of hydrogen-bond acceptors (Lipinski definition) is 7. The van der Waals surface area contributed by atoms with Crippen LogP contribution in [0.15, 0.2) is 39.1 Å². The van der Waals surface area contributed by atoms with E-state index in [0.717, 1.165) is 47.5 Å². The first-order valence-corrected chi connectivity index (χ1v) is 8.73. The van der Waals surface area contributed by atoms with Gasteiger partial charge in [0, 0.05) is 12.1 Å². The van der Waals surface area contributed by atoms with Crippen LogP contribution in [0.3, 0.4) is 0 Å². The van der Waals surface area contributed by atoms with Gasteiger partial charge in [-0.2, -0.15) is 4.99 Å². The van der Waals surface area contributed by atoms with E-state index in [-0.39, 0.29) is 5.92 Å². The van der Waals surface area contributed by atoms with Crippen molar-refractivity contribution in [1.82, 2.24) is 4.98 Å². The Balaban J connectivity index is 1.89. The number of oxazole rings is 1.